The lowest BCUT2D eigenvalue weighted by molar-refractivity contribution is -0.138. The predicted octanol–water partition coefficient (Wildman–Crippen LogP) is 1.71. The second-order valence-electron chi connectivity index (χ2n) is 8.04. The first-order valence-electron chi connectivity index (χ1n) is 10.6. The van der Waals surface area contributed by atoms with Gasteiger partial charge in [-0.15, -0.1) is 0 Å². The Morgan fingerprint density at radius 2 is 1.61 bits per heavy atom. The van der Waals surface area contributed by atoms with Gasteiger partial charge in [0.15, 0.2) is 0 Å². The van der Waals surface area contributed by atoms with Crippen molar-refractivity contribution in [3.05, 3.63) is 35.9 Å². The third kappa shape index (κ3) is 5.32. The molecule has 6 heteroatoms. The Kier molecular flexibility index (Phi) is 7.08. The largest absolute Gasteiger partial charge is 0.352 e. The number of benzene rings is 1. The molecule has 154 valence electrons. The molecule has 1 heterocycles. The van der Waals surface area contributed by atoms with Gasteiger partial charge in [-0.05, 0) is 39.2 Å². The molecule has 2 atom stereocenters. The van der Waals surface area contributed by atoms with Crippen molar-refractivity contribution in [1.82, 2.24) is 20.0 Å². The third-order valence-electron chi connectivity index (χ3n) is 6.01. The van der Waals surface area contributed by atoms with E-state index in [-0.39, 0.29) is 23.9 Å². The van der Waals surface area contributed by atoms with Crippen LogP contribution in [0.4, 0.5) is 0 Å². The molecule has 3 rings (SSSR count). The van der Waals surface area contributed by atoms with Crippen LogP contribution < -0.4 is 5.32 Å². The number of amides is 2. The van der Waals surface area contributed by atoms with Crippen molar-refractivity contribution in [1.29, 1.82) is 0 Å². The van der Waals surface area contributed by atoms with Gasteiger partial charge in [0, 0.05) is 45.3 Å². The lowest BCUT2D eigenvalue weighted by atomic mass is 10.1. The number of likely N-dealkylation sites (N-methyl/N-ethyl adjacent to an activating group) is 1. The molecule has 2 aliphatic rings. The Morgan fingerprint density at radius 1 is 1.04 bits per heavy atom. The number of piperazine rings is 1. The Hall–Kier alpha value is -1.92. The fourth-order valence-electron chi connectivity index (χ4n) is 3.80. The molecule has 1 aromatic carbocycles. The quantitative estimate of drug-likeness (QED) is 0.739. The van der Waals surface area contributed by atoms with Crippen LogP contribution >= 0.6 is 0 Å². The van der Waals surface area contributed by atoms with Gasteiger partial charge in [0.2, 0.25) is 11.8 Å². The SMILES string of the molecule is CCN(Cc1ccccc1)C(=O)C(C)N1CCN(C(C)C(=O)NC2CC2)CC1. The maximum atomic E-state index is 13.0. The zero-order valence-electron chi connectivity index (χ0n) is 17.4. The molecule has 1 aliphatic heterocycles. The fourth-order valence-corrected chi connectivity index (χ4v) is 3.80. The number of hydrogen-bond acceptors (Lipinski definition) is 4. The van der Waals surface area contributed by atoms with Gasteiger partial charge in [0.1, 0.15) is 0 Å². The fraction of sp³-hybridized carbons (Fsp3) is 0.636. The molecule has 2 unspecified atom stereocenters. The zero-order valence-corrected chi connectivity index (χ0v) is 17.4. The summed E-state index contributed by atoms with van der Waals surface area (Å²) in [5, 5.41) is 3.09. The summed E-state index contributed by atoms with van der Waals surface area (Å²) in [7, 11) is 0. The Labute approximate surface area is 168 Å². The van der Waals surface area contributed by atoms with E-state index in [9.17, 15) is 9.59 Å². The Balaban J connectivity index is 1.49. The molecule has 0 radical (unpaired) electrons. The van der Waals surface area contributed by atoms with Gasteiger partial charge < -0.3 is 10.2 Å². The number of nitrogens with zero attached hydrogens (tertiary/aromatic N) is 3. The first-order chi connectivity index (χ1) is 13.5. The highest BCUT2D eigenvalue weighted by molar-refractivity contribution is 5.82. The first kappa shape index (κ1) is 20.8. The predicted molar refractivity (Wildman–Crippen MR) is 111 cm³/mol. The average Bonchev–Trinajstić information content (AvgIpc) is 3.55. The molecule has 1 aliphatic carbocycles. The van der Waals surface area contributed by atoms with Gasteiger partial charge in [-0.2, -0.15) is 0 Å². The number of rotatable bonds is 8. The van der Waals surface area contributed by atoms with Crippen LogP contribution in [0.5, 0.6) is 0 Å². The van der Waals surface area contributed by atoms with Gasteiger partial charge in [0.25, 0.3) is 0 Å². The summed E-state index contributed by atoms with van der Waals surface area (Å²) in [4.78, 5) is 31.7. The Bertz CT molecular complexity index is 654. The molecule has 28 heavy (non-hydrogen) atoms. The van der Waals surface area contributed by atoms with Gasteiger partial charge in [-0.25, -0.2) is 0 Å². The molecular weight excluding hydrogens is 352 g/mol. The molecule has 6 nitrogen and oxygen atoms in total. The van der Waals surface area contributed by atoms with Crippen molar-refractivity contribution in [3.63, 3.8) is 0 Å². The molecule has 2 fully saturated rings. The van der Waals surface area contributed by atoms with Crippen LogP contribution in [-0.4, -0.2) is 77.4 Å². The molecule has 1 N–H and O–H groups in total. The first-order valence-corrected chi connectivity index (χ1v) is 10.6. The van der Waals surface area contributed by atoms with Crippen molar-refractivity contribution in [2.24, 2.45) is 0 Å². The van der Waals surface area contributed by atoms with E-state index in [0.717, 1.165) is 44.6 Å². The molecule has 1 aromatic rings. The van der Waals surface area contributed by atoms with Crippen molar-refractivity contribution in [2.75, 3.05) is 32.7 Å². The Morgan fingerprint density at radius 3 is 2.14 bits per heavy atom. The molecule has 1 saturated carbocycles. The second-order valence-corrected chi connectivity index (χ2v) is 8.04. The van der Waals surface area contributed by atoms with E-state index in [2.05, 4.69) is 27.2 Å². The minimum atomic E-state index is -0.138. The summed E-state index contributed by atoms with van der Waals surface area (Å²) in [6, 6.07) is 10.3. The standard InChI is InChI=1S/C22H34N4O2/c1-4-24(16-19-8-6-5-7-9-19)22(28)18(3)26-14-12-25(13-15-26)17(2)21(27)23-20-10-11-20/h5-9,17-18,20H,4,10-16H2,1-3H3,(H,23,27). The number of carbonyl (C=O) groups is 2. The molecule has 0 bridgehead atoms. The lowest BCUT2D eigenvalue weighted by Crippen LogP contribution is -2.58. The van der Waals surface area contributed by atoms with Crippen LogP contribution in [0.15, 0.2) is 30.3 Å². The third-order valence-corrected chi connectivity index (χ3v) is 6.01. The van der Waals surface area contributed by atoms with Crippen LogP contribution in [0.2, 0.25) is 0 Å². The van der Waals surface area contributed by atoms with Gasteiger partial charge in [0.05, 0.1) is 12.1 Å². The summed E-state index contributed by atoms with van der Waals surface area (Å²) >= 11 is 0. The number of carbonyl (C=O) groups excluding carboxylic acids is 2. The van der Waals surface area contributed by atoms with E-state index < -0.39 is 0 Å². The van der Waals surface area contributed by atoms with Gasteiger partial charge in [-0.3, -0.25) is 19.4 Å². The van der Waals surface area contributed by atoms with Crippen LogP contribution in [0.25, 0.3) is 0 Å². The van der Waals surface area contributed by atoms with Gasteiger partial charge >= 0.3 is 0 Å². The van der Waals surface area contributed by atoms with Gasteiger partial charge in [-0.1, -0.05) is 30.3 Å². The summed E-state index contributed by atoms with van der Waals surface area (Å²) in [5.41, 5.74) is 1.16. The molecule has 0 aromatic heterocycles. The molecular formula is C22H34N4O2. The summed E-state index contributed by atoms with van der Waals surface area (Å²) in [5.74, 6) is 0.319. The van der Waals surface area contributed by atoms with Crippen molar-refractivity contribution >= 4 is 11.8 Å². The van der Waals surface area contributed by atoms with Crippen molar-refractivity contribution < 1.29 is 9.59 Å². The highest BCUT2D eigenvalue weighted by atomic mass is 16.2. The summed E-state index contributed by atoms with van der Waals surface area (Å²) < 4.78 is 0. The highest BCUT2D eigenvalue weighted by Gasteiger charge is 2.32. The van der Waals surface area contributed by atoms with Crippen LogP contribution in [0.1, 0.15) is 39.2 Å². The smallest absolute Gasteiger partial charge is 0.239 e. The van der Waals surface area contributed by atoms with Crippen molar-refractivity contribution in [3.8, 4) is 0 Å². The minimum Gasteiger partial charge on any atom is -0.352 e. The molecule has 1 saturated heterocycles. The lowest BCUT2D eigenvalue weighted by Gasteiger charge is -2.40. The van der Waals surface area contributed by atoms with Crippen LogP contribution in [-0.2, 0) is 16.1 Å². The summed E-state index contributed by atoms with van der Waals surface area (Å²) in [6.45, 7) is 10.7. The van der Waals surface area contributed by atoms with E-state index in [1.807, 2.05) is 43.9 Å². The normalized spacial score (nSPS) is 20.4. The maximum Gasteiger partial charge on any atom is 0.239 e. The van der Waals surface area contributed by atoms with Crippen LogP contribution in [0, 0.1) is 0 Å². The number of hydrogen-bond donors (Lipinski definition) is 1. The number of nitrogens with one attached hydrogen (secondary N) is 1. The summed E-state index contributed by atoms with van der Waals surface area (Å²) in [6.07, 6.45) is 2.23. The topological polar surface area (TPSA) is 55.9 Å². The molecule has 2 amide bonds. The van der Waals surface area contributed by atoms with Crippen LogP contribution in [0.3, 0.4) is 0 Å². The second kappa shape index (κ2) is 9.52. The molecule has 0 spiro atoms. The van der Waals surface area contributed by atoms with E-state index in [0.29, 0.717) is 19.1 Å². The van der Waals surface area contributed by atoms with E-state index >= 15 is 0 Å². The zero-order chi connectivity index (χ0) is 20.1. The van der Waals surface area contributed by atoms with E-state index in [4.69, 9.17) is 0 Å². The average molecular weight is 387 g/mol. The maximum absolute atomic E-state index is 13.0. The van der Waals surface area contributed by atoms with E-state index in [1.54, 1.807) is 0 Å². The monoisotopic (exact) mass is 386 g/mol. The minimum absolute atomic E-state index is 0.0982. The van der Waals surface area contributed by atoms with Crippen molar-refractivity contribution in [2.45, 2.75) is 58.3 Å². The highest BCUT2D eigenvalue weighted by Crippen LogP contribution is 2.19. The van der Waals surface area contributed by atoms with E-state index in [1.165, 1.54) is 0 Å².